The number of benzene rings is 1. The first-order valence-electron chi connectivity index (χ1n) is 5.85. The lowest BCUT2D eigenvalue weighted by Crippen LogP contribution is -2.43. The van der Waals surface area contributed by atoms with Gasteiger partial charge in [0, 0.05) is 11.1 Å². The fourth-order valence-corrected chi connectivity index (χ4v) is 3.29. The molecule has 1 aromatic rings. The van der Waals surface area contributed by atoms with Gasteiger partial charge in [-0.15, -0.1) is 0 Å². The summed E-state index contributed by atoms with van der Waals surface area (Å²) in [6.07, 6.45) is -0.424. The van der Waals surface area contributed by atoms with E-state index >= 15 is 0 Å². The smallest absolute Gasteiger partial charge is 0.216 e. The maximum Gasteiger partial charge on any atom is 0.216 e. The summed E-state index contributed by atoms with van der Waals surface area (Å²) in [6, 6.07) is 8.79. The molecule has 0 saturated carbocycles. The van der Waals surface area contributed by atoms with E-state index in [1.54, 1.807) is 6.92 Å². The molecule has 1 aromatic carbocycles. The van der Waals surface area contributed by atoms with Gasteiger partial charge in [-0.1, -0.05) is 48.5 Å². The molecule has 0 saturated heterocycles. The Morgan fingerprint density at radius 2 is 2.00 bits per heavy atom. The van der Waals surface area contributed by atoms with Crippen molar-refractivity contribution in [3.8, 4) is 0 Å². The van der Waals surface area contributed by atoms with E-state index in [2.05, 4.69) is 11.3 Å². The summed E-state index contributed by atoms with van der Waals surface area (Å²) in [7, 11) is -3.56. The van der Waals surface area contributed by atoms with Crippen LogP contribution in [0.1, 0.15) is 12.5 Å². The molecular formula is C13H18ClNO3S. The Bertz CT molecular complexity index is 516. The van der Waals surface area contributed by atoms with Crippen LogP contribution in [0, 0.1) is 0 Å². The normalized spacial score (nSPS) is 14.9. The third-order valence-electron chi connectivity index (χ3n) is 2.58. The van der Waals surface area contributed by atoms with Crippen LogP contribution in [0.4, 0.5) is 0 Å². The summed E-state index contributed by atoms with van der Waals surface area (Å²) in [6.45, 7) is 4.96. The molecule has 0 radical (unpaired) electrons. The van der Waals surface area contributed by atoms with Crippen LogP contribution >= 0.6 is 11.6 Å². The SMILES string of the molecule is C=C(Cl)CS(=O)(=O)N[C@@H](C)[C@@H](O)Cc1ccccc1. The van der Waals surface area contributed by atoms with Crippen molar-refractivity contribution in [2.75, 3.05) is 5.75 Å². The first-order chi connectivity index (χ1) is 8.80. The molecule has 1 rings (SSSR count). The minimum Gasteiger partial charge on any atom is -0.391 e. The van der Waals surface area contributed by atoms with Crippen LogP contribution in [0.3, 0.4) is 0 Å². The topological polar surface area (TPSA) is 66.4 Å². The number of halogens is 1. The van der Waals surface area contributed by atoms with E-state index < -0.39 is 22.2 Å². The zero-order valence-corrected chi connectivity index (χ0v) is 12.3. The summed E-state index contributed by atoms with van der Waals surface area (Å²) in [5, 5.41) is 10.0. The van der Waals surface area contributed by atoms with Gasteiger partial charge in [-0.05, 0) is 18.9 Å². The van der Waals surface area contributed by atoms with E-state index in [9.17, 15) is 13.5 Å². The van der Waals surface area contributed by atoms with E-state index in [0.29, 0.717) is 6.42 Å². The molecule has 6 heteroatoms. The zero-order valence-electron chi connectivity index (χ0n) is 10.7. The van der Waals surface area contributed by atoms with E-state index in [4.69, 9.17) is 11.6 Å². The number of aliphatic hydroxyl groups excluding tert-OH is 1. The lowest BCUT2D eigenvalue weighted by molar-refractivity contribution is 0.144. The summed E-state index contributed by atoms with van der Waals surface area (Å²) >= 11 is 5.48. The first-order valence-corrected chi connectivity index (χ1v) is 7.88. The van der Waals surface area contributed by atoms with Gasteiger partial charge >= 0.3 is 0 Å². The molecule has 0 aliphatic carbocycles. The van der Waals surface area contributed by atoms with E-state index in [1.807, 2.05) is 30.3 Å². The highest BCUT2D eigenvalue weighted by Gasteiger charge is 2.21. The number of aliphatic hydroxyl groups is 1. The molecule has 0 aliphatic heterocycles. The van der Waals surface area contributed by atoms with Crippen LogP contribution in [0.25, 0.3) is 0 Å². The average molecular weight is 304 g/mol. The van der Waals surface area contributed by atoms with Gasteiger partial charge in [-0.3, -0.25) is 0 Å². The lowest BCUT2D eigenvalue weighted by atomic mass is 10.0. The highest BCUT2D eigenvalue weighted by molar-refractivity contribution is 7.89. The Balaban J connectivity index is 2.58. The zero-order chi connectivity index (χ0) is 14.5. The maximum atomic E-state index is 11.6. The molecule has 0 aliphatic rings. The maximum absolute atomic E-state index is 11.6. The Hall–Kier alpha value is -0.880. The van der Waals surface area contributed by atoms with Crippen LogP contribution in [0.5, 0.6) is 0 Å². The Morgan fingerprint density at radius 3 is 2.53 bits per heavy atom. The standard InChI is InChI=1S/C13H18ClNO3S/c1-10(14)9-19(17,18)15-11(2)13(16)8-12-6-4-3-5-7-12/h3-7,11,13,15-16H,1,8-9H2,2H3/t11-,13-/m0/s1. The Kier molecular flexibility index (Phi) is 6.00. The van der Waals surface area contributed by atoms with Crippen molar-refractivity contribution in [1.82, 2.24) is 4.72 Å². The summed E-state index contributed by atoms with van der Waals surface area (Å²) in [4.78, 5) is 0. The number of hydrogen-bond donors (Lipinski definition) is 2. The highest BCUT2D eigenvalue weighted by Crippen LogP contribution is 2.08. The fraction of sp³-hybridized carbons (Fsp3) is 0.385. The molecule has 4 nitrogen and oxygen atoms in total. The molecule has 2 atom stereocenters. The highest BCUT2D eigenvalue weighted by atomic mass is 35.5. The van der Waals surface area contributed by atoms with Crippen molar-refractivity contribution in [2.45, 2.75) is 25.5 Å². The second-order valence-corrected chi connectivity index (χ2v) is 6.73. The lowest BCUT2D eigenvalue weighted by Gasteiger charge is -2.20. The van der Waals surface area contributed by atoms with Crippen LogP contribution in [-0.2, 0) is 16.4 Å². The molecule has 0 bridgehead atoms. The van der Waals surface area contributed by atoms with Crippen LogP contribution < -0.4 is 4.72 Å². The number of nitrogens with one attached hydrogen (secondary N) is 1. The summed E-state index contributed by atoms with van der Waals surface area (Å²) in [5.74, 6) is -0.350. The van der Waals surface area contributed by atoms with Crippen molar-refractivity contribution in [1.29, 1.82) is 0 Å². The molecule has 0 aromatic heterocycles. The predicted octanol–water partition coefficient (Wildman–Crippen LogP) is 1.65. The third kappa shape index (κ3) is 6.20. The minimum atomic E-state index is -3.56. The molecular weight excluding hydrogens is 286 g/mol. The van der Waals surface area contributed by atoms with E-state index in [0.717, 1.165) is 5.56 Å². The van der Waals surface area contributed by atoms with E-state index in [-0.39, 0.29) is 10.8 Å². The van der Waals surface area contributed by atoms with Gasteiger partial charge in [0.1, 0.15) is 0 Å². The second kappa shape index (κ2) is 7.05. The molecule has 0 fully saturated rings. The minimum absolute atomic E-state index is 0.0391. The second-order valence-electron chi connectivity index (χ2n) is 4.44. The predicted molar refractivity (Wildman–Crippen MR) is 77.5 cm³/mol. The van der Waals surface area contributed by atoms with Gasteiger partial charge < -0.3 is 5.11 Å². The van der Waals surface area contributed by atoms with Crippen molar-refractivity contribution < 1.29 is 13.5 Å². The van der Waals surface area contributed by atoms with Crippen LogP contribution in [-0.4, -0.2) is 31.4 Å². The van der Waals surface area contributed by atoms with Crippen LogP contribution in [0.2, 0.25) is 0 Å². The van der Waals surface area contributed by atoms with Crippen LogP contribution in [0.15, 0.2) is 41.9 Å². The summed E-state index contributed by atoms with van der Waals surface area (Å²) in [5.41, 5.74) is 0.947. The molecule has 106 valence electrons. The third-order valence-corrected chi connectivity index (χ3v) is 4.33. The fourth-order valence-electron chi connectivity index (χ4n) is 1.64. The summed E-state index contributed by atoms with van der Waals surface area (Å²) < 4.78 is 25.7. The number of rotatable bonds is 7. The van der Waals surface area contributed by atoms with Gasteiger partial charge in [0.15, 0.2) is 0 Å². The number of hydrogen-bond acceptors (Lipinski definition) is 3. The largest absolute Gasteiger partial charge is 0.391 e. The van der Waals surface area contributed by atoms with Gasteiger partial charge in [0.25, 0.3) is 0 Å². The van der Waals surface area contributed by atoms with Crippen molar-refractivity contribution in [3.63, 3.8) is 0 Å². The molecule has 0 unspecified atom stereocenters. The van der Waals surface area contributed by atoms with E-state index in [1.165, 1.54) is 0 Å². The van der Waals surface area contributed by atoms with Gasteiger partial charge in [-0.25, -0.2) is 13.1 Å². The molecule has 0 amide bonds. The quantitative estimate of drug-likeness (QED) is 0.805. The Morgan fingerprint density at radius 1 is 1.42 bits per heavy atom. The molecule has 0 heterocycles. The monoisotopic (exact) mass is 303 g/mol. The molecule has 2 N–H and O–H groups in total. The van der Waals surface area contributed by atoms with Gasteiger partial charge in [0.2, 0.25) is 10.0 Å². The van der Waals surface area contributed by atoms with Gasteiger partial charge in [-0.2, -0.15) is 0 Å². The molecule has 0 spiro atoms. The Labute approximate surface area is 119 Å². The molecule has 19 heavy (non-hydrogen) atoms. The first kappa shape index (κ1) is 16.2. The average Bonchev–Trinajstić information content (AvgIpc) is 2.27. The van der Waals surface area contributed by atoms with Crippen molar-refractivity contribution in [2.24, 2.45) is 0 Å². The van der Waals surface area contributed by atoms with Crippen molar-refractivity contribution in [3.05, 3.63) is 47.5 Å². The van der Waals surface area contributed by atoms with Crippen molar-refractivity contribution >= 4 is 21.6 Å². The van der Waals surface area contributed by atoms with Gasteiger partial charge in [0.05, 0.1) is 11.9 Å². The number of sulfonamides is 1.